The summed E-state index contributed by atoms with van der Waals surface area (Å²) in [4.78, 5) is 38.5. The molecule has 198 valence electrons. The number of H-pyrrole nitrogens is 1. The van der Waals surface area contributed by atoms with Crippen LogP contribution in [0.1, 0.15) is 27.2 Å². The first-order valence-corrected chi connectivity index (χ1v) is 15.3. The van der Waals surface area contributed by atoms with Crippen LogP contribution in [0.4, 0.5) is 18.0 Å². The van der Waals surface area contributed by atoms with Crippen molar-refractivity contribution in [1.82, 2.24) is 19.9 Å². The van der Waals surface area contributed by atoms with Crippen LogP contribution >= 0.6 is 23.4 Å². The van der Waals surface area contributed by atoms with E-state index in [1.807, 2.05) is 4.93 Å². The van der Waals surface area contributed by atoms with Crippen LogP contribution in [0.2, 0.25) is 5.15 Å². The molecular formula is C20H27ClF3IN5O4S-. The number of pyridine rings is 1. The summed E-state index contributed by atoms with van der Waals surface area (Å²) in [5.41, 5.74) is 3.59. The third kappa shape index (κ3) is 7.73. The van der Waals surface area contributed by atoms with E-state index in [9.17, 15) is 22.8 Å². The number of aromatic amines is 1. The number of thioether (sulfide) groups is 1. The fraction of sp³-hybridized carbons (Fsp3) is 0.600. The summed E-state index contributed by atoms with van der Waals surface area (Å²) in [5.74, 6) is -1.64. The molecule has 0 fully saturated rings. The van der Waals surface area contributed by atoms with Gasteiger partial charge in [-0.15, -0.1) is 0 Å². The molecule has 0 saturated heterocycles. The van der Waals surface area contributed by atoms with Crippen LogP contribution < -0.4 is 37.2 Å². The van der Waals surface area contributed by atoms with Crippen molar-refractivity contribution in [3.63, 3.8) is 0 Å². The topological polar surface area (TPSA) is 123 Å². The number of nitrogens with two attached hydrogens (primary N) is 1. The van der Waals surface area contributed by atoms with Gasteiger partial charge in [0, 0.05) is 0 Å². The number of carbonyl (C=O) groups is 1. The van der Waals surface area contributed by atoms with Gasteiger partial charge in [0.1, 0.15) is 0 Å². The number of carbonyl (C=O) groups excluding carboxylic acids is 1. The van der Waals surface area contributed by atoms with Gasteiger partial charge >= 0.3 is 221 Å². The maximum atomic E-state index is 14.6. The summed E-state index contributed by atoms with van der Waals surface area (Å²) in [5, 5.41) is -1.02. The van der Waals surface area contributed by atoms with Crippen LogP contribution in [0, 0.1) is 5.82 Å². The number of alkyl halides is 4. The van der Waals surface area contributed by atoms with Gasteiger partial charge in [0.2, 0.25) is 0 Å². The molecular weight excluding hydrogens is 626 g/mol. The Balaban J connectivity index is 2.45. The second-order valence-electron chi connectivity index (χ2n) is 8.16. The van der Waals surface area contributed by atoms with Gasteiger partial charge in [-0.25, -0.2) is 0 Å². The van der Waals surface area contributed by atoms with E-state index >= 15 is 0 Å². The van der Waals surface area contributed by atoms with E-state index in [4.69, 9.17) is 26.8 Å². The molecule has 9 nitrogen and oxygen atoms in total. The van der Waals surface area contributed by atoms with Crippen LogP contribution in [0.3, 0.4) is 0 Å². The Labute approximate surface area is 219 Å². The third-order valence-electron chi connectivity index (χ3n) is 4.45. The van der Waals surface area contributed by atoms with Crippen molar-refractivity contribution in [3.05, 3.63) is 21.3 Å². The molecule has 15 heteroatoms. The molecule has 2 heterocycles. The Bertz CT molecular complexity index is 1110. The molecule has 2 aromatic rings. The number of rotatable bonds is 10. The second-order valence-corrected chi connectivity index (χ2v) is 12.0. The van der Waals surface area contributed by atoms with E-state index in [1.165, 1.54) is 4.90 Å². The average molecular weight is 653 g/mol. The van der Waals surface area contributed by atoms with Crippen molar-refractivity contribution < 1.29 is 48.6 Å². The van der Waals surface area contributed by atoms with E-state index < -0.39 is 82.8 Å². The average Bonchev–Trinajstić information content (AvgIpc) is 2.76. The Hall–Kier alpha value is -1.52. The van der Waals surface area contributed by atoms with Gasteiger partial charge in [0.05, 0.1) is 0 Å². The fourth-order valence-corrected chi connectivity index (χ4v) is 5.69. The van der Waals surface area contributed by atoms with Crippen molar-refractivity contribution in [2.75, 3.05) is 24.3 Å². The van der Waals surface area contributed by atoms with Crippen molar-refractivity contribution in [2.45, 2.75) is 54.5 Å². The summed E-state index contributed by atoms with van der Waals surface area (Å²) >= 11 is 6.07. The number of ether oxygens (including phenoxy) is 2. The first-order chi connectivity index (χ1) is 16.3. The van der Waals surface area contributed by atoms with Crippen LogP contribution in [0.15, 0.2) is 9.95 Å². The number of nitrogens with zero attached hydrogens (tertiary/aromatic N) is 3. The number of hydrogen-bond acceptors (Lipinski definition) is 8. The number of halogens is 5. The second kappa shape index (κ2) is 12.6. The summed E-state index contributed by atoms with van der Waals surface area (Å²) in [6, 6.07) is 0. The van der Waals surface area contributed by atoms with Gasteiger partial charge in [0.25, 0.3) is 0 Å². The molecule has 0 aliphatic heterocycles. The number of hydrogen-bond donors (Lipinski definition) is 2. The molecule has 2 aromatic heterocycles. The van der Waals surface area contributed by atoms with Crippen molar-refractivity contribution in [1.29, 1.82) is 0 Å². The van der Waals surface area contributed by atoms with Gasteiger partial charge in [-0.1, -0.05) is 0 Å². The zero-order chi connectivity index (χ0) is 26.5. The summed E-state index contributed by atoms with van der Waals surface area (Å²) in [7, 11) is 0. The molecule has 0 aromatic carbocycles. The molecule has 0 radical (unpaired) electrons. The first kappa shape index (κ1) is 29.7. The first-order valence-electron chi connectivity index (χ1n) is 10.3. The minimum atomic E-state index is -3.02. The summed E-state index contributed by atoms with van der Waals surface area (Å²) in [6.45, 7) is 5.26. The van der Waals surface area contributed by atoms with Gasteiger partial charge < -0.3 is 0 Å². The van der Waals surface area contributed by atoms with Crippen LogP contribution in [0.5, 0.6) is 5.88 Å². The van der Waals surface area contributed by atoms with E-state index in [0.29, 0.717) is 0 Å². The van der Waals surface area contributed by atoms with Gasteiger partial charge in [-0.05, 0) is 0 Å². The number of amides is 1. The normalized spacial score (nSPS) is 13.8. The molecule has 1 unspecified atom stereocenters. The fourth-order valence-electron chi connectivity index (χ4n) is 2.96. The maximum absolute atomic E-state index is 14.6. The van der Waals surface area contributed by atoms with E-state index in [1.54, 1.807) is 27.0 Å². The third-order valence-corrected chi connectivity index (χ3v) is 7.90. The molecule has 0 saturated carbocycles. The molecule has 0 bridgehead atoms. The number of nitrogens with one attached hydrogen (secondary N) is 1. The molecule has 35 heavy (non-hydrogen) atoms. The Morgan fingerprint density at radius 3 is 2.51 bits per heavy atom. The molecule has 2 atom stereocenters. The molecule has 1 amide bonds. The summed E-state index contributed by atoms with van der Waals surface area (Å²) < 4.78 is 53.0. The van der Waals surface area contributed by atoms with Crippen molar-refractivity contribution in [2.24, 2.45) is 5.73 Å². The monoisotopic (exact) mass is 652 g/mol. The Kier molecular flexibility index (Phi) is 10.7. The van der Waals surface area contributed by atoms with Gasteiger partial charge in [0.15, 0.2) is 0 Å². The predicted molar refractivity (Wildman–Crippen MR) is 124 cm³/mol. The van der Waals surface area contributed by atoms with Crippen LogP contribution in [-0.4, -0.2) is 72.4 Å². The number of fused-ring (bicyclic) bond motifs is 1. The van der Waals surface area contributed by atoms with Gasteiger partial charge in [-0.3, -0.25) is 0 Å². The Morgan fingerprint density at radius 1 is 1.34 bits per heavy atom. The molecule has 0 aliphatic carbocycles. The van der Waals surface area contributed by atoms with Crippen LogP contribution in [-0.2, 0) is 4.74 Å². The molecule has 0 aliphatic rings. The molecule has 0 spiro atoms. The minimum absolute atomic E-state index is 0.0910. The van der Waals surface area contributed by atoms with E-state index in [2.05, 4.69) is 15.0 Å². The quantitative estimate of drug-likeness (QED) is 0.0950. The predicted octanol–water partition coefficient (Wildman–Crippen LogP) is 0.476. The zero-order valence-corrected chi connectivity index (χ0v) is 23.4. The number of aromatic nitrogens is 3. The van der Waals surface area contributed by atoms with Crippen LogP contribution in [0.25, 0.3) is 10.9 Å². The molecule has 2 rings (SSSR count). The summed E-state index contributed by atoms with van der Waals surface area (Å²) in [6.07, 6.45) is -4.18. The van der Waals surface area contributed by atoms with E-state index in [-0.39, 0.29) is 24.7 Å². The standard InChI is InChI=1S/C20H27ClF3IN5O4S/c1-20(2,3)34-19(32)30(7-6-26)10(25-4)8-9(15(23)24)33-17-11-13(12(22)14(21)28-17)27-18(35-5)29-16(11)31/h9-10,15H,6-8,26H2,1-5H3,(H,27,29,31)/q-1/t9-,10?/m1/s1. The van der Waals surface area contributed by atoms with Crippen molar-refractivity contribution >= 4 is 40.4 Å². The zero-order valence-electron chi connectivity index (χ0n) is 19.7. The Morgan fingerprint density at radius 2 is 2.00 bits per heavy atom. The van der Waals surface area contributed by atoms with Crippen molar-refractivity contribution in [3.8, 4) is 5.88 Å². The SMILES string of the molecule is CSc1nc2c(F)c(Cl)nc(O[C@H](CC([I-]C)N(CCN)C(=O)OC(C)(C)C)C(F)F)c2c(=O)[nH]1. The van der Waals surface area contributed by atoms with E-state index in [0.717, 1.165) is 11.8 Å². The molecule has 3 N–H and O–H groups in total. The van der Waals surface area contributed by atoms with Gasteiger partial charge in [-0.2, -0.15) is 0 Å².